The van der Waals surface area contributed by atoms with Crippen LogP contribution in [0.4, 0.5) is 0 Å². The van der Waals surface area contributed by atoms with Gasteiger partial charge < -0.3 is 4.74 Å². The normalized spacial score (nSPS) is 41.6. The Hall–Kier alpha value is -1.05. The van der Waals surface area contributed by atoms with Gasteiger partial charge in [-0.05, 0) is 104 Å². The summed E-state index contributed by atoms with van der Waals surface area (Å²) < 4.78 is 5.63. The van der Waals surface area contributed by atoms with Crippen LogP contribution in [0.2, 0.25) is 0 Å². The number of rotatable bonds is 6. The van der Waals surface area contributed by atoms with Crippen molar-refractivity contribution in [3.8, 4) is 0 Å². The third-order valence-electron chi connectivity index (χ3n) is 11.1. The van der Waals surface area contributed by atoms with Gasteiger partial charge in [-0.25, -0.2) is 0 Å². The Balaban J connectivity index is 1.49. The maximum absolute atomic E-state index is 11.5. The van der Waals surface area contributed by atoms with E-state index in [1.54, 1.807) is 18.1 Å². The highest BCUT2D eigenvalue weighted by Gasteiger charge is 2.59. The number of carbonyl (C=O) groups is 1. The lowest BCUT2D eigenvalue weighted by atomic mass is 9.47. The van der Waals surface area contributed by atoms with Crippen LogP contribution in [0.1, 0.15) is 113 Å². The van der Waals surface area contributed by atoms with Gasteiger partial charge in [0.15, 0.2) is 0 Å². The summed E-state index contributed by atoms with van der Waals surface area (Å²) in [4.78, 5) is 11.5. The van der Waals surface area contributed by atoms with Gasteiger partial charge in [0.1, 0.15) is 6.10 Å². The van der Waals surface area contributed by atoms with Crippen molar-refractivity contribution < 1.29 is 9.53 Å². The van der Waals surface area contributed by atoms with Gasteiger partial charge in [0.05, 0.1) is 0 Å². The molecule has 0 saturated heterocycles. The molecule has 8 atom stereocenters. The molecule has 0 spiro atoms. The van der Waals surface area contributed by atoms with Crippen LogP contribution in [0.15, 0.2) is 23.3 Å². The minimum atomic E-state index is -0.119. The van der Waals surface area contributed by atoms with E-state index in [2.05, 4.69) is 53.7 Å². The molecule has 0 aromatic carbocycles. The Morgan fingerprint density at radius 3 is 2.55 bits per heavy atom. The summed E-state index contributed by atoms with van der Waals surface area (Å²) in [5, 5.41) is 0. The molecule has 0 heterocycles. The van der Waals surface area contributed by atoms with Gasteiger partial charge in [-0.1, -0.05) is 64.8 Å². The lowest BCUT2D eigenvalue weighted by Crippen LogP contribution is -2.51. The first kappa shape index (κ1) is 25.1. The zero-order chi connectivity index (χ0) is 24.0. The molecule has 2 nitrogen and oxygen atoms in total. The summed E-state index contributed by atoms with van der Waals surface area (Å²) in [5.74, 6) is 4.82. The second-order valence-electron chi connectivity index (χ2n) is 13.0. The van der Waals surface area contributed by atoms with E-state index in [0.29, 0.717) is 16.7 Å². The highest BCUT2D eigenvalue weighted by Crippen LogP contribution is 2.67. The van der Waals surface area contributed by atoms with Crippen LogP contribution in [-0.4, -0.2) is 12.1 Å². The molecule has 0 N–H and O–H groups in total. The molecule has 0 aromatic rings. The molecule has 4 rings (SSSR count). The van der Waals surface area contributed by atoms with Crippen LogP contribution < -0.4 is 0 Å². The monoisotopic (exact) mass is 454 g/mol. The van der Waals surface area contributed by atoms with Crippen LogP contribution in [0.3, 0.4) is 0 Å². The van der Waals surface area contributed by atoms with Crippen molar-refractivity contribution in [2.75, 3.05) is 0 Å². The maximum Gasteiger partial charge on any atom is 0.302 e. The third kappa shape index (κ3) is 4.50. The van der Waals surface area contributed by atoms with E-state index in [9.17, 15) is 4.79 Å². The highest BCUT2D eigenvalue weighted by molar-refractivity contribution is 5.66. The van der Waals surface area contributed by atoms with Crippen molar-refractivity contribution in [1.29, 1.82) is 0 Å². The van der Waals surface area contributed by atoms with Crippen molar-refractivity contribution in [2.24, 2.45) is 46.3 Å². The van der Waals surface area contributed by atoms with Gasteiger partial charge in [0.25, 0.3) is 0 Å². The maximum atomic E-state index is 11.5. The van der Waals surface area contributed by atoms with Crippen molar-refractivity contribution in [1.82, 2.24) is 0 Å². The molecule has 0 radical (unpaired) electrons. The minimum Gasteiger partial charge on any atom is -0.462 e. The van der Waals surface area contributed by atoms with Gasteiger partial charge >= 0.3 is 5.97 Å². The Kier molecular flexibility index (Phi) is 7.24. The lowest BCUT2D eigenvalue weighted by Gasteiger charge is -2.58. The van der Waals surface area contributed by atoms with Gasteiger partial charge in [0.2, 0.25) is 0 Å². The number of ether oxygens (including phenoxy) is 1. The number of carbonyl (C=O) groups excluding carboxylic acids is 1. The number of fused-ring (bicyclic) bond motifs is 5. The zero-order valence-corrected chi connectivity index (χ0v) is 22.6. The Labute approximate surface area is 204 Å². The molecular weight excluding hydrogens is 404 g/mol. The van der Waals surface area contributed by atoms with Crippen LogP contribution in [-0.2, 0) is 9.53 Å². The molecule has 186 valence electrons. The van der Waals surface area contributed by atoms with Gasteiger partial charge in [0, 0.05) is 13.3 Å². The van der Waals surface area contributed by atoms with Crippen molar-refractivity contribution in [3.05, 3.63) is 23.3 Å². The molecule has 3 saturated carbocycles. The molecule has 0 unspecified atom stereocenters. The first-order valence-electron chi connectivity index (χ1n) is 14.2. The van der Waals surface area contributed by atoms with Gasteiger partial charge in [-0.15, -0.1) is 0 Å². The van der Waals surface area contributed by atoms with E-state index in [4.69, 9.17) is 4.74 Å². The Bertz CT molecular complexity index is 791. The van der Waals surface area contributed by atoms with Crippen molar-refractivity contribution in [2.45, 2.75) is 119 Å². The fourth-order valence-electron chi connectivity index (χ4n) is 9.23. The summed E-state index contributed by atoms with van der Waals surface area (Å²) >= 11 is 0. The number of hydrogen-bond donors (Lipinski definition) is 0. The molecule has 0 aromatic heterocycles. The number of allylic oxidation sites excluding steroid dienone is 3. The standard InChI is InChI=1S/C31H50O2/c1-8-23(20(2)3)10-9-21(4)27-13-14-28-26-12-11-24-19-25(33-22(5)32)15-17-30(24,6)29(26)16-18-31(27,28)7/h10-11,20-21,25-29H,8-9,12-19H2,1-7H3/b23-10+/t21-,25+,26+,27-,28+,29+,30+,31-/m1/s1. The Morgan fingerprint density at radius 1 is 1.12 bits per heavy atom. The third-order valence-corrected chi connectivity index (χ3v) is 11.1. The fraction of sp³-hybridized carbons (Fsp3) is 0.839. The molecule has 0 amide bonds. The Morgan fingerprint density at radius 2 is 1.88 bits per heavy atom. The average molecular weight is 455 g/mol. The second-order valence-corrected chi connectivity index (χ2v) is 13.0. The number of hydrogen-bond acceptors (Lipinski definition) is 2. The SMILES string of the molecule is CC/C(=C\C[C@@H](C)[C@H]1CC[C@H]2[C@@H]3CC=C4C[C@@H](OC(C)=O)CC[C@]4(C)[C@H]3CC[C@]12C)C(C)C. The van der Waals surface area contributed by atoms with Crippen LogP contribution in [0, 0.1) is 46.3 Å². The molecule has 4 aliphatic carbocycles. The summed E-state index contributed by atoms with van der Waals surface area (Å²) in [6.07, 6.45) is 17.9. The largest absolute Gasteiger partial charge is 0.462 e. The fourth-order valence-corrected chi connectivity index (χ4v) is 9.23. The summed E-state index contributed by atoms with van der Waals surface area (Å²) in [7, 11) is 0. The molecule has 4 aliphatic rings. The minimum absolute atomic E-state index is 0.107. The van der Waals surface area contributed by atoms with Gasteiger partial charge in [-0.3, -0.25) is 4.79 Å². The van der Waals surface area contributed by atoms with E-state index in [1.165, 1.54) is 51.4 Å². The van der Waals surface area contributed by atoms with E-state index in [-0.39, 0.29) is 12.1 Å². The highest BCUT2D eigenvalue weighted by atomic mass is 16.5. The summed E-state index contributed by atoms with van der Waals surface area (Å²) in [6.45, 7) is 16.3. The molecule has 0 aliphatic heterocycles. The molecule has 2 heteroatoms. The predicted octanol–water partition coefficient (Wildman–Crippen LogP) is 8.52. The van der Waals surface area contributed by atoms with E-state index >= 15 is 0 Å². The molecule has 0 bridgehead atoms. The van der Waals surface area contributed by atoms with Crippen LogP contribution in [0.25, 0.3) is 0 Å². The average Bonchev–Trinajstić information content (AvgIpc) is 3.11. The topological polar surface area (TPSA) is 26.3 Å². The quantitative estimate of drug-likeness (QED) is 0.297. The van der Waals surface area contributed by atoms with E-state index in [0.717, 1.165) is 42.4 Å². The molecular formula is C31H50O2. The molecule has 3 fully saturated rings. The summed E-state index contributed by atoms with van der Waals surface area (Å²) in [5.41, 5.74) is 4.11. The first-order chi connectivity index (χ1) is 15.6. The predicted molar refractivity (Wildman–Crippen MR) is 138 cm³/mol. The van der Waals surface area contributed by atoms with E-state index < -0.39 is 0 Å². The smallest absolute Gasteiger partial charge is 0.302 e. The van der Waals surface area contributed by atoms with Crippen LogP contribution >= 0.6 is 0 Å². The second kappa shape index (κ2) is 9.54. The first-order valence-corrected chi connectivity index (χ1v) is 14.2. The molecule has 33 heavy (non-hydrogen) atoms. The van der Waals surface area contributed by atoms with Crippen molar-refractivity contribution in [3.63, 3.8) is 0 Å². The van der Waals surface area contributed by atoms with Gasteiger partial charge in [-0.2, -0.15) is 0 Å². The van der Waals surface area contributed by atoms with Crippen molar-refractivity contribution >= 4 is 5.97 Å². The lowest BCUT2D eigenvalue weighted by molar-refractivity contribution is -0.148. The van der Waals surface area contributed by atoms with Crippen LogP contribution in [0.5, 0.6) is 0 Å². The number of esters is 1. The zero-order valence-electron chi connectivity index (χ0n) is 22.6. The summed E-state index contributed by atoms with van der Waals surface area (Å²) in [6, 6.07) is 0. The van der Waals surface area contributed by atoms with E-state index in [1.807, 2.05) is 0 Å².